The van der Waals surface area contributed by atoms with Gasteiger partial charge in [0.05, 0.1) is 0 Å². The Labute approximate surface area is 99.5 Å². The summed E-state index contributed by atoms with van der Waals surface area (Å²) in [5.74, 6) is 0. The number of hydrogen-bond donors (Lipinski definition) is 1. The molecule has 0 aliphatic heterocycles. The molecule has 2 aromatic rings. The molecule has 1 atom stereocenters. The van der Waals surface area contributed by atoms with Crippen LogP contribution in [0.4, 0.5) is 0 Å². The lowest BCUT2D eigenvalue weighted by molar-refractivity contribution is 0.587. The number of likely N-dealkylation sites (N-methyl/N-ethyl adjacent to an activating group) is 1. The summed E-state index contributed by atoms with van der Waals surface area (Å²) in [6.07, 6.45) is 0.895. The summed E-state index contributed by atoms with van der Waals surface area (Å²) in [5.41, 5.74) is 1.29. The molecule has 0 saturated heterocycles. The topological polar surface area (TPSA) is 37.8 Å². The molecule has 0 aliphatic rings. The van der Waals surface area contributed by atoms with Gasteiger partial charge in [0.2, 0.25) is 0 Å². The standard InChI is InChI=1S/C12H15N3S/c1-9-14-15-12(16-9)8-11(13-2)10-6-4-3-5-7-10/h3-7,11,13H,8H2,1-2H3. The van der Waals surface area contributed by atoms with Crippen LogP contribution in [0.15, 0.2) is 30.3 Å². The maximum absolute atomic E-state index is 4.16. The van der Waals surface area contributed by atoms with Crippen molar-refractivity contribution in [2.75, 3.05) is 7.05 Å². The van der Waals surface area contributed by atoms with Crippen molar-refractivity contribution in [3.63, 3.8) is 0 Å². The first-order valence-corrected chi connectivity index (χ1v) is 6.12. The zero-order chi connectivity index (χ0) is 11.4. The molecule has 0 bridgehead atoms. The third-order valence-corrected chi connectivity index (χ3v) is 3.36. The van der Waals surface area contributed by atoms with Crippen LogP contribution in [-0.4, -0.2) is 17.2 Å². The number of aromatic nitrogens is 2. The van der Waals surface area contributed by atoms with Gasteiger partial charge in [0.1, 0.15) is 10.0 Å². The molecule has 0 saturated carbocycles. The van der Waals surface area contributed by atoms with E-state index in [0.717, 1.165) is 16.4 Å². The van der Waals surface area contributed by atoms with Crippen LogP contribution in [0.2, 0.25) is 0 Å². The van der Waals surface area contributed by atoms with E-state index in [1.54, 1.807) is 11.3 Å². The Kier molecular flexibility index (Phi) is 3.64. The van der Waals surface area contributed by atoms with Crippen LogP contribution >= 0.6 is 11.3 Å². The van der Waals surface area contributed by atoms with Crippen molar-refractivity contribution >= 4 is 11.3 Å². The van der Waals surface area contributed by atoms with Crippen LogP contribution in [0.5, 0.6) is 0 Å². The van der Waals surface area contributed by atoms with E-state index < -0.39 is 0 Å². The maximum Gasteiger partial charge on any atom is 0.119 e. The van der Waals surface area contributed by atoms with Crippen molar-refractivity contribution in [3.8, 4) is 0 Å². The number of aryl methyl sites for hydroxylation is 1. The maximum atomic E-state index is 4.16. The van der Waals surface area contributed by atoms with E-state index in [1.165, 1.54) is 5.56 Å². The average Bonchev–Trinajstić information content (AvgIpc) is 2.73. The first kappa shape index (κ1) is 11.2. The summed E-state index contributed by atoms with van der Waals surface area (Å²) >= 11 is 1.66. The van der Waals surface area contributed by atoms with Crippen LogP contribution in [0, 0.1) is 6.92 Å². The molecular formula is C12H15N3S. The van der Waals surface area contributed by atoms with Crippen LogP contribution in [0.25, 0.3) is 0 Å². The molecule has 0 radical (unpaired) electrons. The van der Waals surface area contributed by atoms with Crippen LogP contribution in [0.1, 0.15) is 21.6 Å². The molecule has 1 heterocycles. The number of nitrogens with zero attached hydrogens (tertiary/aromatic N) is 2. The number of hydrogen-bond acceptors (Lipinski definition) is 4. The SMILES string of the molecule is CNC(Cc1nnc(C)s1)c1ccccc1. The predicted molar refractivity (Wildman–Crippen MR) is 66.6 cm³/mol. The fourth-order valence-corrected chi connectivity index (χ4v) is 2.42. The highest BCUT2D eigenvalue weighted by Gasteiger charge is 2.12. The van der Waals surface area contributed by atoms with E-state index in [-0.39, 0.29) is 0 Å². The minimum atomic E-state index is 0.313. The third-order valence-electron chi connectivity index (χ3n) is 2.50. The normalized spacial score (nSPS) is 12.6. The third kappa shape index (κ3) is 2.65. The number of benzene rings is 1. The van der Waals surface area contributed by atoms with E-state index in [2.05, 4.69) is 39.8 Å². The van der Waals surface area contributed by atoms with Crippen LogP contribution in [-0.2, 0) is 6.42 Å². The zero-order valence-corrected chi connectivity index (χ0v) is 10.3. The van der Waals surface area contributed by atoms with Gasteiger partial charge in [0.15, 0.2) is 0 Å². The quantitative estimate of drug-likeness (QED) is 0.881. The fourth-order valence-electron chi connectivity index (χ4n) is 1.67. The highest BCUT2D eigenvalue weighted by Crippen LogP contribution is 2.19. The molecule has 1 N–H and O–H groups in total. The van der Waals surface area contributed by atoms with Crippen LogP contribution in [0.3, 0.4) is 0 Å². The summed E-state index contributed by atoms with van der Waals surface area (Å²) in [4.78, 5) is 0. The zero-order valence-electron chi connectivity index (χ0n) is 9.47. The summed E-state index contributed by atoms with van der Waals surface area (Å²) in [7, 11) is 1.98. The van der Waals surface area contributed by atoms with Crippen LogP contribution < -0.4 is 5.32 Å². The highest BCUT2D eigenvalue weighted by molar-refractivity contribution is 7.11. The molecule has 1 aromatic carbocycles. The van der Waals surface area contributed by atoms with Crippen molar-refractivity contribution in [1.29, 1.82) is 0 Å². The Balaban J connectivity index is 2.12. The lowest BCUT2D eigenvalue weighted by Gasteiger charge is -2.14. The number of rotatable bonds is 4. The monoisotopic (exact) mass is 233 g/mol. The van der Waals surface area contributed by atoms with E-state index >= 15 is 0 Å². The summed E-state index contributed by atoms with van der Waals surface area (Å²) in [5, 5.41) is 13.6. The van der Waals surface area contributed by atoms with E-state index in [0.29, 0.717) is 6.04 Å². The molecule has 3 nitrogen and oxygen atoms in total. The van der Waals surface area contributed by atoms with E-state index in [4.69, 9.17) is 0 Å². The molecule has 4 heteroatoms. The molecule has 2 rings (SSSR count). The van der Waals surface area contributed by atoms with Gasteiger partial charge in [-0.3, -0.25) is 0 Å². The first-order chi connectivity index (χ1) is 7.79. The fraction of sp³-hybridized carbons (Fsp3) is 0.333. The van der Waals surface area contributed by atoms with Gasteiger partial charge in [-0.1, -0.05) is 30.3 Å². The molecule has 0 fully saturated rings. The highest BCUT2D eigenvalue weighted by atomic mass is 32.1. The Morgan fingerprint density at radius 2 is 2.00 bits per heavy atom. The molecule has 1 aromatic heterocycles. The van der Waals surface area contributed by atoms with Crippen molar-refractivity contribution in [3.05, 3.63) is 45.9 Å². The van der Waals surface area contributed by atoms with Gasteiger partial charge in [-0.05, 0) is 19.5 Å². The van der Waals surface area contributed by atoms with Crippen molar-refractivity contribution in [2.45, 2.75) is 19.4 Å². The van der Waals surface area contributed by atoms with Crippen molar-refractivity contribution in [1.82, 2.24) is 15.5 Å². The van der Waals surface area contributed by atoms with Gasteiger partial charge in [-0.2, -0.15) is 0 Å². The average molecular weight is 233 g/mol. The summed E-state index contributed by atoms with van der Waals surface area (Å²) < 4.78 is 0. The second kappa shape index (κ2) is 5.18. The Hall–Kier alpha value is -1.26. The second-order valence-electron chi connectivity index (χ2n) is 3.67. The second-order valence-corrected chi connectivity index (χ2v) is 4.94. The largest absolute Gasteiger partial charge is 0.313 e. The Morgan fingerprint density at radius 1 is 1.25 bits per heavy atom. The molecule has 84 valence electrons. The molecule has 1 unspecified atom stereocenters. The molecule has 0 amide bonds. The van der Waals surface area contributed by atoms with Gasteiger partial charge >= 0.3 is 0 Å². The van der Waals surface area contributed by atoms with Crippen molar-refractivity contribution < 1.29 is 0 Å². The number of nitrogens with one attached hydrogen (secondary N) is 1. The first-order valence-electron chi connectivity index (χ1n) is 5.31. The van der Waals surface area contributed by atoms with E-state index in [9.17, 15) is 0 Å². The summed E-state index contributed by atoms with van der Waals surface area (Å²) in [6.45, 7) is 1.98. The lowest BCUT2D eigenvalue weighted by atomic mass is 10.0. The van der Waals surface area contributed by atoms with Gasteiger partial charge < -0.3 is 5.32 Å². The molecule has 0 aliphatic carbocycles. The molecule has 16 heavy (non-hydrogen) atoms. The Bertz CT molecular complexity index is 439. The lowest BCUT2D eigenvalue weighted by Crippen LogP contribution is -2.18. The molecular weight excluding hydrogens is 218 g/mol. The van der Waals surface area contributed by atoms with E-state index in [1.807, 2.05) is 20.0 Å². The minimum Gasteiger partial charge on any atom is -0.313 e. The van der Waals surface area contributed by atoms with Gasteiger partial charge in [-0.15, -0.1) is 21.5 Å². The van der Waals surface area contributed by atoms with Gasteiger partial charge in [-0.25, -0.2) is 0 Å². The van der Waals surface area contributed by atoms with Gasteiger partial charge in [0.25, 0.3) is 0 Å². The summed E-state index contributed by atoms with van der Waals surface area (Å²) in [6, 6.07) is 10.7. The van der Waals surface area contributed by atoms with Crippen molar-refractivity contribution in [2.24, 2.45) is 0 Å². The predicted octanol–water partition coefficient (Wildman–Crippen LogP) is 2.35. The smallest absolute Gasteiger partial charge is 0.119 e. The Morgan fingerprint density at radius 3 is 2.56 bits per heavy atom. The van der Waals surface area contributed by atoms with Gasteiger partial charge in [0, 0.05) is 12.5 Å². The molecule has 0 spiro atoms. The minimum absolute atomic E-state index is 0.313.